The van der Waals surface area contributed by atoms with Gasteiger partial charge in [0.15, 0.2) is 5.96 Å². The van der Waals surface area contributed by atoms with Crippen molar-refractivity contribution in [3.8, 4) is 0 Å². The third-order valence-electron chi connectivity index (χ3n) is 9.48. The Hall–Kier alpha value is -5.94. The molecule has 19 N–H and O–H groups in total. The highest BCUT2D eigenvalue weighted by atomic mass is 33.1. The lowest BCUT2D eigenvalue weighted by molar-refractivity contribution is -0.143. The minimum Gasteiger partial charge on any atom is -0.481 e. The third kappa shape index (κ3) is 19.6. The Morgan fingerprint density at radius 1 is 0.672 bits per heavy atom. The van der Waals surface area contributed by atoms with Crippen molar-refractivity contribution in [2.24, 2.45) is 33.7 Å². The SMILES string of the molecule is NCCCC[C@@H]1NC(=O)[C@H](CC(=O)O)NC(=O)CNC(=O)[C@H](CCCN=C(N)N)NC(=O)[C@@H](N)CSSC[C@@H](C(N)=O)NC(=O)[C@H](CC(=O)O)NC(=O)[C@@H]2CCCN2C(=O)CNC1=O. The molecule has 0 aromatic carbocycles. The van der Waals surface area contributed by atoms with Crippen LogP contribution in [0.1, 0.15) is 57.8 Å². The standard InChI is InChI=1S/C35H58N14O13S2/c36-8-2-1-5-18-31(59)43-14-25(51)49-10-4-7-23(49)34(62)47-21(12-27(54)55)33(61)48-22(28(38)56)16-64-63-15-17(37)29(57)45-19(6-3-9-41-35(39)40)30(58)42-13-24(50)44-20(11-26(52)53)32(60)46-18/h17-23H,1-16,36-37H2,(H2,38,56)(H,42,58)(H,43,59)(H,44,50)(H,45,57)(H,46,60)(H,47,62)(H,48,61)(H,52,53)(H,54,55)(H4,39,40,41)/t17-,18-,19-,20-,21-,22-,23-/m0/s1. The Bertz CT molecular complexity index is 1750. The fourth-order valence-corrected chi connectivity index (χ4v) is 8.46. The Morgan fingerprint density at radius 3 is 1.81 bits per heavy atom. The van der Waals surface area contributed by atoms with Gasteiger partial charge in [0.1, 0.15) is 36.3 Å². The number of rotatable bonds is 13. The smallest absolute Gasteiger partial charge is 0.305 e. The summed E-state index contributed by atoms with van der Waals surface area (Å²) in [5, 5.41) is 35.5. The molecule has 2 aliphatic rings. The van der Waals surface area contributed by atoms with E-state index in [4.69, 9.17) is 28.7 Å². The highest BCUT2D eigenvalue weighted by Crippen LogP contribution is 2.23. The number of carbonyl (C=O) groups is 11. The zero-order chi connectivity index (χ0) is 47.9. The highest BCUT2D eigenvalue weighted by Gasteiger charge is 2.38. The van der Waals surface area contributed by atoms with E-state index in [1.54, 1.807) is 0 Å². The van der Waals surface area contributed by atoms with Crippen LogP contribution in [0.3, 0.4) is 0 Å². The van der Waals surface area contributed by atoms with E-state index < -0.39 is 133 Å². The molecule has 0 aromatic heterocycles. The van der Waals surface area contributed by atoms with E-state index in [0.717, 1.165) is 26.5 Å². The molecular formula is C35H58N14O13S2. The van der Waals surface area contributed by atoms with Crippen molar-refractivity contribution in [3.05, 3.63) is 0 Å². The summed E-state index contributed by atoms with van der Waals surface area (Å²) in [7, 11) is 1.93. The van der Waals surface area contributed by atoms with Crippen LogP contribution in [-0.4, -0.2) is 173 Å². The molecule has 0 spiro atoms. The number of unbranched alkanes of at least 4 members (excludes halogenated alkanes) is 1. The van der Waals surface area contributed by atoms with Crippen LogP contribution in [0.2, 0.25) is 0 Å². The van der Waals surface area contributed by atoms with E-state index in [2.05, 4.69) is 42.2 Å². The molecule has 0 aliphatic carbocycles. The van der Waals surface area contributed by atoms with Crippen molar-refractivity contribution in [1.29, 1.82) is 0 Å². The van der Waals surface area contributed by atoms with E-state index in [1.807, 2.05) is 0 Å². The Morgan fingerprint density at radius 2 is 1.22 bits per heavy atom. The fourth-order valence-electron chi connectivity index (χ4n) is 6.16. The maximum atomic E-state index is 13.5. The van der Waals surface area contributed by atoms with Crippen molar-refractivity contribution in [1.82, 2.24) is 42.1 Å². The first-order valence-electron chi connectivity index (χ1n) is 20.1. The van der Waals surface area contributed by atoms with Gasteiger partial charge < -0.3 is 81.0 Å². The van der Waals surface area contributed by atoms with Crippen LogP contribution in [0.4, 0.5) is 0 Å². The predicted molar refractivity (Wildman–Crippen MR) is 230 cm³/mol. The molecule has 2 fully saturated rings. The van der Waals surface area contributed by atoms with Crippen LogP contribution in [0.25, 0.3) is 0 Å². The zero-order valence-corrected chi connectivity index (χ0v) is 36.5. The van der Waals surface area contributed by atoms with Crippen LogP contribution in [0, 0.1) is 0 Å². The Balaban J connectivity index is 2.46. The van der Waals surface area contributed by atoms with E-state index in [9.17, 15) is 63.0 Å². The lowest BCUT2D eigenvalue weighted by Gasteiger charge is -2.27. The lowest BCUT2D eigenvalue weighted by atomic mass is 10.1. The molecule has 0 aromatic rings. The van der Waals surface area contributed by atoms with Gasteiger partial charge in [-0.2, -0.15) is 0 Å². The number of aliphatic carboxylic acids is 2. The second-order valence-electron chi connectivity index (χ2n) is 14.6. The van der Waals surface area contributed by atoms with Gasteiger partial charge in [0.25, 0.3) is 0 Å². The number of carbonyl (C=O) groups excluding carboxylic acids is 9. The summed E-state index contributed by atoms with van der Waals surface area (Å²) in [6.45, 7) is -1.17. The van der Waals surface area contributed by atoms with Gasteiger partial charge in [0.2, 0.25) is 53.2 Å². The summed E-state index contributed by atoms with van der Waals surface area (Å²) < 4.78 is 0. The molecule has 2 heterocycles. The summed E-state index contributed by atoms with van der Waals surface area (Å²) in [5.74, 6) is -12.0. The summed E-state index contributed by atoms with van der Waals surface area (Å²) in [5.41, 5.74) is 27.9. The first kappa shape index (κ1) is 54.2. The number of guanidine groups is 1. The fraction of sp³-hybridized carbons (Fsp3) is 0.657. The molecule has 7 atom stereocenters. The second-order valence-corrected chi connectivity index (χ2v) is 17.1. The molecule has 0 unspecified atom stereocenters. The number of hydrogen-bond acceptors (Lipinski definition) is 16. The maximum absolute atomic E-state index is 13.5. The molecule has 27 nitrogen and oxygen atoms in total. The molecule has 2 aliphatic heterocycles. The molecule has 0 bridgehead atoms. The average molecular weight is 947 g/mol. The number of carboxylic acids is 2. The van der Waals surface area contributed by atoms with Crippen molar-refractivity contribution in [3.63, 3.8) is 0 Å². The zero-order valence-electron chi connectivity index (χ0n) is 34.8. The number of primary amides is 1. The van der Waals surface area contributed by atoms with Gasteiger partial charge in [0.05, 0.1) is 32.0 Å². The van der Waals surface area contributed by atoms with Gasteiger partial charge in [-0.3, -0.25) is 57.7 Å². The molecule has 358 valence electrons. The average Bonchev–Trinajstić information content (AvgIpc) is 3.72. The van der Waals surface area contributed by atoms with Crippen molar-refractivity contribution in [2.75, 3.05) is 44.2 Å². The molecule has 29 heteroatoms. The maximum Gasteiger partial charge on any atom is 0.305 e. The topological polar surface area (TPSA) is 458 Å². The van der Waals surface area contributed by atoms with E-state index in [0.29, 0.717) is 12.8 Å². The van der Waals surface area contributed by atoms with Gasteiger partial charge in [0, 0.05) is 24.6 Å². The summed E-state index contributed by atoms with van der Waals surface area (Å²) >= 11 is 0. The van der Waals surface area contributed by atoms with Crippen LogP contribution in [0.5, 0.6) is 0 Å². The minimum absolute atomic E-state index is 0.0392. The number of fused-ring (bicyclic) bond motifs is 1. The lowest BCUT2D eigenvalue weighted by Crippen LogP contribution is -2.58. The first-order valence-corrected chi connectivity index (χ1v) is 22.6. The number of nitrogens with one attached hydrogen (secondary N) is 7. The Kier molecular flexibility index (Phi) is 23.7. The molecule has 64 heavy (non-hydrogen) atoms. The quantitative estimate of drug-likeness (QED) is 0.0353. The Labute approximate surface area is 374 Å². The molecular weight excluding hydrogens is 889 g/mol. The monoisotopic (exact) mass is 946 g/mol. The number of carboxylic acid groups (broad SMARTS) is 2. The van der Waals surface area contributed by atoms with Crippen molar-refractivity contribution < 1.29 is 63.0 Å². The van der Waals surface area contributed by atoms with Crippen LogP contribution < -0.4 is 65.9 Å². The summed E-state index contributed by atoms with van der Waals surface area (Å²) in [6, 6.07) is -10.0. The van der Waals surface area contributed by atoms with Crippen molar-refractivity contribution >= 4 is 92.7 Å². The second kappa shape index (κ2) is 28.0. The van der Waals surface area contributed by atoms with Gasteiger partial charge in [-0.05, 0) is 51.5 Å². The van der Waals surface area contributed by atoms with Crippen LogP contribution in [-0.2, 0) is 52.7 Å². The minimum atomic E-state index is -1.76. The molecule has 0 radical (unpaired) electrons. The van der Waals surface area contributed by atoms with Crippen molar-refractivity contribution in [2.45, 2.75) is 100 Å². The molecule has 0 saturated carbocycles. The number of nitrogens with two attached hydrogens (primary N) is 5. The van der Waals surface area contributed by atoms with Gasteiger partial charge in [-0.25, -0.2) is 0 Å². The van der Waals surface area contributed by atoms with Crippen LogP contribution in [0.15, 0.2) is 4.99 Å². The largest absolute Gasteiger partial charge is 0.481 e. The highest BCUT2D eigenvalue weighted by molar-refractivity contribution is 8.76. The number of hydrogen-bond donors (Lipinski definition) is 14. The first-order chi connectivity index (χ1) is 30.2. The molecule has 9 amide bonds. The summed E-state index contributed by atoms with van der Waals surface area (Å²) in [4.78, 5) is 147. The molecule has 2 rings (SSSR count). The van der Waals surface area contributed by atoms with E-state index >= 15 is 0 Å². The van der Waals surface area contributed by atoms with E-state index in [-0.39, 0.29) is 69.2 Å². The van der Waals surface area contributed by atoms with Crippen LogP contribution >= 0.6 is 21.6 Å². The predicted octanol–water partition coefficient (Wildman–Crippen LogP) is -7.03. The van der Waals surface area contributed by atoms with Gasteiger partial charge in [-0.15, -0.1) is 0 Å². The summed E-state index contributed by atoms with van der Waals surface area (Å²) in [6.07, 6.45) is -0.702. The van der Waals surface area contributed by atoms with E-state index in [1.165, 1.54) is 0 Å². The number of aliphatic imine (C=N–C) groups is 1. The van der Waals surface area contributed by atoms with Gasteiger partial charge in [-0.1, -0.05) is 21.6 Å². The van der Waals surface area contributed by atoms with Gasteiger partial charge >= 0.3 is 11.9 Å². The number of nitrogens with zero attached hydrogens (tertiary/aromatic N) is 2. The third-order valence-corrected chi connectivity index (χ3v) is 11.9. The molecule has 2 saturated heterocycles. The normalized spacial score (nSPS) is 25.5. The number of amides is 9.